The second-order valence-corrected chi connectivity index (χ2v) is 11.8. The summed E-state index contributed by atoms with van der Waals surface area (Å²) in [6.45, 7) is 5.62. The van der Waals surface area contributed by atoms with E-state index in [1.165, 1.54) is 6.92 Å². The molecule has 0 saturated heterocycles. The molecular weight excluding hydrogens is 568 g/mol. The number of ether oxygens (including phenoxy) is 1. The third kappa shape index (κ3) is 10.3. The first-order valence-corrected chi connectivity index (χ1v) is 15.5. The molecule has 0 aliphatic carbocycles. The van der Waals surface area contributed by atoms with Crippen LogP contribution in [0.2, 0.25) is 0 Å². The molecular formula is C36H44N4O5. The van der Waals surface area contributed by atoms with Crippen molar-refractivity contribution in [2.45, 2.75) is 82.8 Å². The standard InChI is InChI=1S/C36H44N4O5/c1-24(2)31-22-37-34(38-31)29(19-26-13-7-4-8-14-26)21-32(42)30(20-27-15-9-5-10-16-27)39-35(43)33(25(3)41)40-36(44)45-23-28-17-11-6-12-18-28/h4-18,22,24-25,29-30,32-33,41-42H,19-21,23H2,1-3H3,(H,37,38)(H,39,43)(H,40,44)/t25-,29-,30+,32+,33+/m1/s1. The summed E-state index contributed by atoms with van der Waals surface area (Å²) in [5, 5.41) is 27.6. The molecule has 9 heteroatoms. The van der Waals surface area contributed by atoms with Gasteiger partial charge in [-0.2, -0.15) is 0 Å². The lowest BCUT2D eigenvalue weighted by Gasteiger charge is -2.30. The van der Waals surface area contributed by atoms with Crippen molar-refractivity contribution in [1.29, 1.82) is 0 Å². The van der Waals surface area contributed by atoms with Crippen molar-refractivity contribution in [3.05, 3.63) is 125 Å². The van der Waals surface area contributed by atoms with Gasteiger partial charge in [0.15, 0.2) is 0 Å². The molecule has 45 heavy (non-hydrogen) atoms. The van der Waals surface area contributed by atoms with Crippen molar-refractivity contribution >= 4 is 12.0 Å². The van der Waals surface area contributed by atoms with Gasteiger partial charge in [0.05, 0.1) is 18.2 Å². The Morgan fingerprint density at radius 1 is 0.800 bits per heavy atom. The Labute approximate surface area is 265 Å². The lowest BCUT2D eigenvalue weighted by Crippen LogP contribution is -2.57. The number of hydrogen-bond acceptors (Lipinski definition) is 6. The predicted octanol–water partition coefficient (Wildman–Crippen LogP) is 5.01. The van der Waals surface area contributed by atoms with Crippen LogP contribution in [0.5, 0.6) is 0 Å². The second-order valence-electron chi connectivity index (χ2n) is 11.8. The molecule has 0 fully saturated rings. The van der Waals surface area contributed by atoms with Crippen LogP contribution in [-0.4, -0.2) is 56.5 Å². The fourth-order valence-electron chi connectivity index (χ4n) is 5.22. The van der Waals surface area contributed by atoms with Crippen LogP contribution in [0, 0.1) is 0 Å². The topological polar surface area (TPSA) is 137 Å². The average Bonchev–Trinajstić information content (AvgIpc) is 3.54. The number of carbonyl (C=O) groups is 2. The van der Waals surface area contributed by atoms with Gasteiger partial charge in [-0.05, 0) is 48.8 Å². The van der Waals surface area contributed by atoms with E-state index in [2.05, 4.69) is 34.4 Å². The van der Waals surface area contributed by atoms with E-state index in [0.29, 0.717) is 19.3 Å². The summed E-state index contributed by atoms with van der Waals surface area (Å²) in [6, 6.07) is 26.7. The maximum Gasteiger partial charge on any atom is 0.408 e. The number of carbonyl (C=O) groups excluding carboxylic acids is 2. The van der Waals surface area contributed by atoms with Gasteiger partial charge in [-0.15, -0.1) is 0 Å². The van der Waals surface area contributed by atoms with Crippen LogP contribution >= 0.6 is 0 Å². The van der Waals surface area contributed by atoms with E-state index in [0.717, 1.165) is 28.2 Å². The molecule has 3 aromatic carbocycles. The van der Waals surface area contributed by atoms with Crippen molar-refractivity contribution < 1.29 is 24.5 Å². The molecule has 5 N–H and O–H groups in total. The van der Waals surface area contributed by atoms with E-state index in [4.69, 9.17) is 4.74 Å². The molecule has 0 spiro atoms. The second kappa shape index (κ2) is 16.6. The first-order chi connectivity index (χ1) is 21.7. The lowest BCUT2D eigenvalue weighted by atomic mass is 9.88. The van der Waals surface area contributed by atoms with Crippen LogP contribution in [0.3, 0.4) is 0 Å². The number of rotatable bonds is 15. The van der Waals surface area contributed by atoms with Gasteiger partial charge >= 0.3 is 6.09 Å². The zero-order valence-electron chi connectivity index (χ0n) is 26.1. The molecule has 0 unspecified atom stereocenters. The normalized spacial score (nSPS) is 14.6. The van der Waals surface area contributed by atoms with Gasteiger partial charge < -0.3 is 30.6 Å². The van der Waals surface area contributed by atoms with Crippen molar-refractivity contribution in [2.75, 3.05) is 0 Å². The maximum atomic E-state index is 13.6. The summed E-state index contributed by atoms with van der Waals surface area (Å²) >= 11 is 0. The minimum absolute atomic E-state index is 0.0181. The highest BCUT2D eigenvalue weighted by Crippen LogP contribution is 2.27. The minimum atomic E-state index is -1.29. The first kappa shape index (κ1) is 33.4. The van der Waals surface area contributed by atoms with Crippen LogP contribution in [0.1, 0.15) is 67.2 Å². The summed E-state index contributed by atoms with van der Waals surface area (Å²) < 4.78 is 5.28. The van der Waals surface area contributed by atoms with Crippen molar-refractivity contribution in [2.24, 2.45) is 0 Å². The van der Waals surface area contributed by atoms with Crippen LogP contribution in [-0.2, 0) is 29.0 Å². The molecule has 2 amide bonds. The quantitative estimate of drug-likeness (QED) is 0.128. The molecule has 4 aromatic rings. The number of aliphatic hydroxyl groups excluding tert-OH is 2. The zero-order valence-corrected chi connectivity index (χ0v) is 26.1. The Hall–Kier alpha value is -4.47. The number of aromatic amines is 1. The molecule has 1 heterocycles. The number of hydrogen-bond donors (Lipinski definition) is 5. The smallest absolute Gasteiger partial charge is 0.408 e. The fourth-order valence-corrected chi connectivity index (χ4v) is 5.22. The molecule has 9 nitrogen and oxygen atoms in total. The van der Waals surface area contributed by atoms with Crippen LogP contribution < -0.4 is 10.6 Å². The van der Waals surface area contributed by atoms with Gasteiger partial charge in [0.1, 0.15) is 18.5 Å². The van der Waals surface area contributed by atoms with Crippen molar-refractivity contribution in [3.63, 3.8) is 0 Å². The van der Waals surface area contributed by atoms with Crippen molar-refractivity contribution in [1.82, 2.24) is 20.6 Å². The maximum absolute atomic E-state index is 13.6. The number of nitrogens with one attached hydrogen (secondary N) is 3. The summed E-state index contributed by atoms with van der Waals surface area (Å²) in [5.41, 5.74) is 3.83. The van der Waals surface area contributed by atoms with Gasteiger partial charge in [0.25, 0.3) is 0 Å². The Balaban J connectivity index is 1.51. The first-order valence-electron chi connectivity index (χ1n) is 15.5. The SMILES string of the molecule is CC(C)c1cnc([C@H](Cc2ccccc2)C[C@H](O)[C@H](Cc2ccccc2)NC(=O)[C@@H](NC(=O)OCc2ccccc2)[C@@H](C)O)[nH]1. The van der Waals surface area contributed by atoms with Gasteiger partial charge in [-0.3, -0.25) is 4.79 Å². The van der Waals surface area contributed by atoms with Crippen molar-refractivity contribution in [3.8, 4) is 0 Å². The molecule has 0 saturated carbocycles. The molecule has 0 aliphatic heterocycles. The highest BCUT2D eigenvalue weighted by atomic mass is 16.5. The lowest BCUT2D eigenvalue weighted by molar-refractivity contribution is -0.127. The molecule has 5 atom stereocenters. The summed E-state index contributed by atoms with van der Waals surface area (Å²) in [4.78, 5) is 34.2. The van der Waals surface area contributed by atoms with Gasteiger partial charge in [0, 0.05) is 17.8 Å². The number of nitrogens with zero attached hydrogens (tertiary/aromatic N) is 1. The Morgan fingerprint density at radius 3 is 1.89 bits per heavy atom. The highest BCUT2D eigenvalue weighted by molar-refractivity contribution is 5.86. The molecule has 0 radical (unpaired) electrons. The molecule has 4 rings (SSSR count). The average molecular weight is 613 g/mol. The van der Waals surface area contributed by atoms with Crippen LogP contribution in [0.25, 0.3) is 0 Å². The van der Waals surface area contributed by atoms with E-state index >= 15 is 0 Å². The molecule has 0 bridgehead atoms. The van der Waals surface area contributed by atoms with Gasteiger partial charge in [-0.1, -0.05) is 105 Å². The number of amides is 2. The number of benzene rings is 3. The number of imidazole rings is 1. The minimum Gasteiger partial charge on any atom is -0.445 e. The van der Waals surface area contributed by atoms with E-state index < -0.39 is 36.3 Å². The Morgan fingerprint density at radius 2 is 1.36 bits per heavy atom. The van der Waals surface area contributed by atoms with Crippen LogP contribution in [0.15, 0.2) is 97.2 Å². The number of H-pyrrole nitrogens is 1. The van der Waals surface area contributed by atoms with E-state index in [1.807, 2.05) is 97.2 Å². The Kier molecular flexibility index (Phi) is 12.3. The van der Waals surface area contributed by atoms with E-state index in [-0.39, 0.29) is 18.4 Å². The van der Waals surface area contributed by atoms with Crippen LogP contribution in [0.4, 0.5) is 4.79 Å². The molecule has 238 valence electrons. The number of aliphatic hydroxyl groups is 2. The highest BCUT2D eigenvalue weighted by Gasteiger charge is 2.32. The summed E-state index contributed by atoms with van der Waals surface area (Å²) in [6.07, 6.45) is 0.100. The third-order valence-electron chi connectivity index (χ3n) is 7.82. The largest absolute Gasteiger partial charge is 0.445 e. The Bertz CT molecular complexity index is 1460. The number of aromatic nitrogens is 2. The fraction of sp³-hybridized carbons (Fsp3) is 0.361. The van der Waals surface area contributed by atoms with E-state index in [1.54, 1.807) is 0 Å². The number of alkyl carbamates (subject to hydrolysis) is 1. The van der Waals surface area contributed by atoms with E-state index in [9.17, 15) is 19.8 Å². The predicted molar refractivity (Wildman–Crippen MR) is 173 cm³/mol. The summed E-state index contributed by atoms with van der Waals surface area (Å²) in [5.74, 6) is 0.254. The zero-order chi connectivity index (χ0) is 32.2. The van der Waals surface area contributed by atoms with Gasteiger partial charge in [-0.25, -0.2) is 9.78 Å². The monoisotopic (exact) mass is 612 g/mol. The summed E-state index contributed by atoms with van der Waals surface area (Å²) in [7, 11) is 0. The van der Waals surface area contributed by atoms with Gasteiger partial charge in [0.2, 0.25) is 5.91 Å². The molecule has 1 aromatic heterocycles. The molecule has 0 aliphatic rings. The third-order valence-corrected chi connectivity index (χ3v) is 7.82.